The van der Waals surface area contributed by atoms with Gasteiger partial charge in [0.1, 0.15) is 9.88 Å². The molecule has 0 saturated heterocycles. The number of carbonyl (C=O) groups excluding carboxylic acids is 3. The fourth-order valence-corrected chi connectivity index (χ4v) is 5.12. The second-order valence-electron chi connectivity index (χ2n) is 6.51. The Morgan fingerprint density at radius 1 is 1.08 bits per heavy atom. The summed E-state index contributed by atoms with van der Waals surface area (Å²) in [5, 5.41) is 3.23. The van der Waals surface area contributed by atoms with Crippen molar-refractivity contribution in [1.82, 2.24) is 0 Å². The van der Waals surface area contributed by atoms with Crippen molar-refractivity contribution in [3.05, 3.63) is 16.0 Å². The molecule has 2 saturated carbocycles. The van der Waals surface area contributed by atoms with Gasteiger partial charge in [0.25, 0.3) is 0 Å². The fraction of sp³-hybridized carbons (Fsp3) is 0.588. The number of thiophene rings is 1. The van der Waals surface area contributed by atoms with Crippen LogP contribution in [0.25, 0.3) is 0 Å². The van der Waals surface area contributed by atoms with E-state index < -0.39 is 11.9 Å². The van der Waals surface area contributed by atoms with Crippen LogP contribution in [0.4, 0.5) is 5.00 Å². The molecule has 1 heterocycles. The van der Waals surface area contributed by atoms with Gasteiger partial charge >= 0.3 is 11.9 Å². The van der Waals surface area contributed by atoms with Crippen molar-refractivity contribution in [1.29, 1.82) is 0 Å². The molecule has 130 valence electrons. The Kier molecular flexibility index (Phi) is 4.62. The van der Waals surface area contributed by atoms with Gasteiger partial charge in [-0.2, -0.15) is 0 Å². The first-order valence-corrected chi connectivity index (χ1v) is 8.88. The Bertz CT molecular complexity index is 695. The Morgan fingerprint density at radius 3 is 2.33 bits per heavy atom. The molecule has 2 fully saturated rings. The van der Waals surface area contributed by atoms with E-state index in [1.165, 1.54) is 20.6 Å². The van der Waals surface area contributed by atoms with E-state index in [0.29, 0.717) is 27.3 Å². The molecule has 2 bridgehead atoms. The molecule has 3 unspecified atom stereocenters. The van der Waals surface area contributed by atoms with Gasteiger partial charge in [-0.05, 0) is 43.6 Å². The van der Waals surface area contributed by atoms with Crippen LogP contribution in [0, 0.1) is 24.7 Å². The highest BCUT2D eigenvalue weighted by atomic mass is 32.1. The molecule has 1 aromatic heterocycles. The molecule has 2 aliphatic rings. The van der Waals surface area contributed by atoms with Crippen LogP contribution in [-0.2, 0) is 14.3 Å². The van der Waals surface area contributed by atoms with Gasteiger partial charge in [0.15, 0.2) is 0 Å². The van der Waals surface area contributed by atoms with Gasteiger partial charge < -0.3 is 14.8 Å². The summed E-state index contributed by atoms with van der Waals surface area (Å²) in [7, 11) is 2.56. The Morgan fingerprint density at radius 2 is 1.79 bits per heavy atom. The molecule has 1 N–H and O–H groups in total. The molecule has 7 heteroatoms. The highest BCUT2D eigenvalue weighted by Gasteiger charge is 2.43. The van der Waals surface area contributed by atoms with E-state index >= 15 is 0 Å². The smallest absolute Gasteiger partial charge is 0.348 e. The zero-order valence-electron chi connectivity index (χ0n) is 14.0. The number of amides is 1. The predicted octanol–water partition coefficient (Wildman–Crippen LogP) is 3.00. The predicted molar refractivity (Wildman–Crippen MR) is 89.3 cm³/mol. The lowest BCUT2D eigenvalue weighted by molar-refractivity contribution is -0.121. The highest BCUT2D eigenvalue weighted by molar-refractivity contribution is 7.18. The van der Waals surface area contributed by atoms with Gasteiger partial charge in [0, 0.05) is 5.92 Å². The molecule has 1 amide bonds. The molecule has 3 rings (SSSR count). The maximum Gasteiger partial charge on any atom is 0.348 e. The minimum Gasteiger partial charge on any atom is -0.465 e. The van der Waals surface area contributed by atoms with E-state index in [1.807, 2.05) is 0 Å². The number of esters is 2. The Labute approximate surface area is 144 Å². The lowest BCUT2D eigenvalue weighted by atomic mass is 9.88. The summed E-state index contributed by atoms with van der Waals surface area (Å²) in [5.41, 5.74) is 0.710. The van der Waals surface area contributed by atoms with Crippen LogP contribution in [0.2, 0.25) is 0 Å². The van der Waals surface area contributed by atoms with Crippen molar-refractivity contribution in [3.8, 4) is 0 Å². The molecule has 0 radical (unpaired) electrons. The van der Waals surface area contributed by atoms with Gasteiger partial charge in [-0.25, -0.2) is 9.59 Å². The summed E-state index contributed by atoms with van der Waals surface area (Å²) in [6.07, 6.45) is 4.35. The van der Waals surface area contributed by atoms with E-state index in [-0.39, 0.29) is 17.4 Å². The van der Waals surface area contributed by atoms with Crippen LogP contribution in [0.1, 0.15) is 51.3 Å². The van der Waals surface area contributed by atoms with Gasteiger partial charge in [0.05, 0.1) is 19.8 Å². The van der Waals surface area contributed by atoms with Crippen molar-refractivity contribution in [2.24, 2.45) is 17.8 Å². The maximum absolute atomic E-state index is 12.7. The number of anilines is 1. The van der Waals surface area contributed by atoms with Gasteiger partial charge in [-0.15, -0.1) is 11.3 Å². The van der Waals surface area contributed by atoms with E-state index in [1.54, 1.807) is 6.92 Å². The number of nitrogens with one attached hydrogen (secondary N) is 1. The number of carbonyl (C=O) groups is 3. The van der Waals surface area contributed by atoms with E-state index in [2.05, 4.69) is 5.32 Å². The number of ether oxygens (including phenoxy) is 2. The summed E-state index contributed by atoms with van der Waals surface area (Å²) in [6, 6.07) is 0. The lowest BCUT2D eigenvalue weighted by Gasteiger charge is -2.20. The third-order valence-corrected chi connectivity index (χ3v) is 6.41. The molecule has 0 spiro atoms. The van der Waals surface area contributed by atoms with Crippen molar-refractivity contribution in [2.75, 3.05) is 19.5 Å². The zero-order valence-corrected chi connectivity index (χ0v) is 14.8. The Hall–Kier alpha value is -1.89. The summed E-state index contributed by atoms with van der Waals surface area (Å²) >= 11 is 1.06. The summed E-state index contributed by atoms with van der Waals surface area (Å²) < 4.78 is 9.56. The monoisotopic (exact) mass is 351 g/mol. The van der Waals surface area contributed by atoms with E-state index in [0.717, 1.165) is 30.6 Å². The molecule has 6 nitrogen and oxygen atoms in total. The second kappa shape index (κ2) is 6.55. The molecule has 0 aromatic carbocycles. The van der Waals surface area contributed by atoms with Crippen LogP contribution >= 0.6 is 11.3 Å². The summed E-state index contributed by atoms with van der Waals surface area (Å²) in [4.78, 5) is 36.9. The number of hydrogen-bond donors (Lipinski definition) is 1. The van der Waals surface area contributed by atoms with Crippen molar-refractivity contribution in [3.63, 3.8) is 0 Å². The molecule has 2 aliphatic carbocycles. The van der Waals surface area contributed by atoms with Crippen molar-refractivity contribution >= 4 is 34.2 Å². The summed E-state index contributed by atoms with van der Waals surface area (Å²) in [5.74, 6) is -0.0623. The molecular formula is C17H21NO5S. The van der Waals surface area contributed by atoms with Crippen LogP contribution < -0.4 is 5.32 Å². The first-order valence-electron chi connectivity index (χ1n) is 8.07. The quantitative estimate of drug-likeness (QED) is 0.843. The minimum absolute atomic E-state index is 0.00164. The van der Waals surface area contributed by atoms with Gasteiger partial charge in [-0.3, -0.25) is 4.79 Å². The third-order valence-electron chi connectivity index (χ3n) is 5.22. The highest BCUT2D eigenvalue weighted by Crippen LogP contribution is 2.49. The number of fused-ring (bicyclic) bond motifs is 2. The number of hydrogen-bond acceptors (Lipinski definition) is 6. The molecule has 0 aliphatic heterocycles. The van der Waals surface area contributed by atoms with Gasteiger partial charge in [0.2, 0.25) is 5.91 Å². The van der Waals surface area contributed by atoms with Crippen molar-refractivity contribution in [2.45, 2.75) is 32.6 Å². The average molecular weight is 351 g/mol. The topological polar surface area (TPSA) is 81.7 Å². The fourth-order valence-electron chi connectivity index (χ4n) is 4.01. The first-order chi connectivity index (χ1) is 11.5. The molecule has 24 heavy (non-hydrogen) atoms. The maximum atomic E-state index is 12.7. The zero-order chi connectivity index (χ0) is 17.4. The van der Waals surface area contributed by atoms with E-state index in [4.69, 9.17) is 9.47 Å². The molecule has 1 aromatic rings. The van der Waals surface area contributed by atoms with Crippen LogP contribution in [0.5, 0.6) is 0 Å². The first kappa shape index (κ1) is 17.0. The van der Waals surface area contributed by atoms with Crippen LogP contribution in [0.3, 0.4) is 0 Å². The second-order valence-corrected chi connectivity index (χ2v) is 7.53. The third kappa shape index (κ3) is 2.81. The standard InChI is InChI=1S/C17H21NO5S/c1-8-12(16(20)22-2)15(24-13(8)17(21)23-3)18-14(19)11-7-9-4-5-10(11)6-9/h9-11H,4-7H2,1-3H3,(H,18,19). The normalized spacial score (nSPS) is 24.7. The summed E-state index contributed by atoms with van der Waals surface area (Å²) in [6.45, 7) is 1.65. The van der Waals surface area contributed by atoms with Crippen molar-refractivity contribution < 1.29 is 23.9 Å². The van der Waals surface area contributed by atoms with E-state index in [9.17, 15) is 14.4 Å². The SMILES string of the molecule is COC(=O)c1sc(NC(=O)C2CC3CCC2C3)c(C(=O)OC)c1C. The number of methoxy groups -OCH3 is 2. The molecular weight excluding hydrogens is 330 g/mol. The average Bonchev–Trinajstić information content (AvgIpc) is 3.28. The minimum atomic E-state index is -0.567. The molecule has 3 atom stereocenters. The lowest BCUT2D eigenvalue weighted by Crippen LogP contribution is -2.27. The van der Waals surface area contributed by atoms with Gasteiger partial charge in [-0.1, -0.05) is 6.42 Å². The number of rotatable bonds is 4. The van der Waals surface area contributed by atoms with Crippen LogP contribution in [0.15, 0.2) is 0 Å². The van der Waals surface area contributed by atoms with Crippen LogP contribution in [-0.4, -0.2) is 32.1 Å². The Balaban J connectivity index is 1.87. The largest absolute Gasteiger partial charge is 0.465 e.